The molecule has 3 aromatic rings. The van der Waals surface area contributed by atoms with Crippen LogP contribution in [0.2, 0.25) is 0 Å². The van der Waals surface area contributed by atoms with Crippen LogP contribution >= 0.6 is 11.3 Å². The molecule has 0 fully saturated rings. The topological polar surface area (TPSA) is 74.0 Å². The van der Waals surface area contributed by atoms with Gasteiger partial charge in [0.2, 0.25) is 0 Å². The molecule has 0 bridgehead atoms. The highest BCUT2D eigenvalue weighted by atomic mass is 32.1. The van der Waals surface area contributed by atoms with Gasteiger partial charge < -0.3 is 10.2 Å². The molecule has 5 nitrogen and oxygen atoms in total. The summed E-state index contributed by atoms with van der Waals surface area (Å²) in [5, 5.41) is 3.03. The van der Waals surface area contributed by atoms with E-state index in [-0.39, 0.29) is 5.76 Å². The number of rotatable bonds is 3. The van der Waals surface area contributed by atoms with Crippen molar-refractivity contribution in [1.82, 2.24) is 9.55 Å². The van der Waals surface area contributed by atoms with Crippen molar-refractivity contribution < 1.29 is 4.42 Å². The zero-order chi connectivity index (χ0) is 13.4. The summed E-state index contributed by atoms with van der Waals surface area (Å²) in [6.45, 7) is 0.599. The third kappa shape index (κ3) is 2.09. The molecule has 2 aromatic heterocycles. The zero-order valence-corrected chi connectivity index (χ0v) is 11.2. The van der Waals surface area contributed by atoms with Crippen molar-refractivity contribution >= 4 is 22.4 Å². The molecule has 2 N–H and O–H groups in total. The molecule has 98 valence electrons. The molecule has 0 atom stereocenters. The van der Waals surface area contributed by atoms with Gasteiger partial charge in [-0.1, -0.05) is 0 Å². The lowest BCUT2D eigenvalue weighted by atomic mass is 10.1. The normalized spacial score (nSPS) is 11.3. The van der Waals surface area contributed by atoms with E-state index in [4.69, 9.17) is 10.2 Å². The maximum atomic E-state index is 11.4. The molecule has 0 unspecified atom stereocenters. The Morgan fingerprint density at radius 3 is 3.11 bits per heavy atom. The molecule has 0 spiro atoms. The number of oxazole rings is 1. The number of nitrogens with zero attached hydrogens (tertiary/aromatic N) is 2. The number of aryl methyl sites for hydroxylation is 1. The molecule has 19 heavy (non-hydrogen) atoms. The van der Waals surface area contributed by atoms with Crippen LogP contribution in [0.1, 0.15) is 5.01 Å². The molecule has 0 radical (unpaired) electrons. The van der Waals surface area contributed by atoms with Gasteiger partial charge in [0.1, 0.15) is 0 Å². The first-order valence-electron chi connectivity index (χ1n) is 5.93. The fourth-order valence-electron chi connectivity index (χ4n) is 1.97. The smallest absolute Gasteiger partial charge is 0.408 e. The molecule has 0 saturated carbocycles. The van der Waals surface area contributed by atoms with Gasteiger partial charge in [-0.2, -0.15) is 0 Å². The first kappa shape index (κ1) is 12.1. The molecule has 0 saturated heterocycles. The van der Waals surface area contributed by atoms with Crippen LogP contribution < -0.4 is 11.5 Å². The van der Waals surface area contributed by atoms with Gasteiger partial charge in [0.15, 0.2) is 5.58 Å². The Kier molecular flexibility index (Phi) is 2.96. The largest absolute Gasteiger partial charge is 0.419 e. The summed E-state index contributed by atoms with van der Waals surface area (Å²) >= 11 is 1.60. The Hall–Kier alpha value is -1.92. The van der Waals surface area contributed by atoms with Crippen molar-refractivity contribution in [3.8, 4) is 11.3 Å². The zero-order valence-electron chi connectivity index (χ0n) is 10.4. The number of thiazole rings is 1. The van der Waals surface area contributed by atoms with Crippen LogP contribution in [0.5, 0.6) is 0 Å². The van der Waals surface area contributed by atoms with Crippen LogP contribution in [-0.4, -0.2) is 16.1 Å². The summed E-state index contributed by atoms with van der Waals surface area (Å²) in [7, 11) is 1.69. The highest BCUT2D eigenvalue weighted by Gasteiger charge is 2.09. The lowest BCUT2D eigenvalue weighted by Gasteiger charge is -1.97. The molecular formula is C13H13N3O2S. The van der Waals surface area contributed by atoms with Gasteiger partial charge in [0, 0.05) is 24.4 Å². The van der Waals surface area contributed by atoms with Gasteiger partial charge in [0.05, 0.1) is 16.2 Å². The van der Waals surface area contributed by atoms with Crippen molar-refractivity contribution in [2.45, 2.75) is 6.42 Å². The molecule has 6 heteroatoms. The number of hydrogen-bond donors (Lipinski definition) is 1. The third-order valence-corrected chi connectivity index (χ3v) is 3.91. The summed E-state index contributed by atoms with van der Waals surface area (Å²) < 4.78 is 6.60. The Bertz CT molecular complexity index is 785. The summed E-state index contributed by atoms with van der Waals surface area (Å²) in [6, 6.07) is 5.63. The maximum Gasteiger partial charge on any atom is 0.419 e. The molecule has 0 aliphatic carbocycles. The SMILES string of the molecule is Cn1c(=O)oc2ccc(-c3csc(CCN)n3)cc21. The van der Waals surface area contributed by atoms with E-state index in [0.29, 0.717) is 12.1 Å². The number of hydrogen-bond acceptors (Lipinski definition) is 5. The second-order valence-electron chi connectivity index (χ2n) is 4.27. The Balaban J connectivity index is 2.08. The van der Waals surface area contributed by atoms with Crippen molar-refractivity contribution in [2.75, 3.05) is 6.54 Å². The van der Waals surface area contributed by atoms with Gasteiger partial charge in [-0.15, -0.1) is 11.3 Å². The standard InChI is InChI=1S/C13H13N3O2S/c1-16-10-6-8(2-3-11(10)18-13(16)17)9-7-19-12(15-9)4-5-14/h2-3,6-7H,4-5,14H2,1H3. The quantitative estimate of drug-likeness (QED) is 0.790. The highest BCUT2D eigenvalue weighted by molar-refractivity contribution is 7.09. The lowest BCUT2D eigenvalue weighted by molar-refractivity contribution is 0.528. The van der Waals surface area contributed by atoms with E-state index in [1.807, 2.05) is 17.5 Å². The summed E-state index contributed by atoms with van der Waals surface area (Å²) in [5.41, 5.74) is 8.77. The third-order valence-electron chi connectivity index (χ3n) is 3.00. The van der Waals surface area contributed by atoms with E-state index in [0.717, 1.165) is 28.2 Å². The van der Waals surface area contributed by atoms with Crippen LogP contribution in [0.15, 0.2) is 32.8 Å². The first-order valence-corrected chi connectivity index (χ1v) is 6.81. The van der Waals surface area contributed by atoms with Crippen LogP contribution in [-0.2, 0) is 13.5 Å². The fraction of sp³-hybridized carbons (Fsp3) is 0.231. The summed E-state index contributed by atoms with van der Waals surface area (Å²) in [6.07, 6.45) is 0.789. The fourth-order valence-corrected chi connectivity index (χ4v) is 2.79. The molecule has 1 aromatic carbocycles. The van der Waals surface area contributed by atoms with Crippen molar-refractivity contribution in [2.24, 2.45) is 12.8 Å². The number of aromatic nitrogens is 2. The summed E-state index contributed by atoms with van der Waals surface area (Å²) in [4.78, 5) is 16.0. The summed E-state index contributed by atoms with van der Waals surface area (Å²) in [5.74, 6) is -0.353. The Labute approximate surface area is 113 Å². The molecule has 0 aliphatic heterocycles. The van der Waals surface area contributed by atoms with Crippen molar-refractivity contribution in [1.29, 1.82) is 0 Å². The number of nitrogens with two attached hydrogens (primary N) is 1. The molecular weight excluding hydrogens is 262 g/mol. The van der Waals surface area contributed by atoms with Gasteiger partial charge in [0.25, 0.3) is 0 Å². The van der Waals surface area contributed by atoms with Crippen LogP contribution in [0, 0.1) is 0 Å². The number of fused-ring (bicyclic) bond motifs is 1. The number of benzene rings is 1. The van der Waals surface area contributed by atoms with E-state index in [9.17, 15) is 4.79 Å². The average Bonchev–Trinajstić information content (AvgIpc) is 2.97. The van der Waals surface area contributed by atoms with Gasteiger partial charge in [-0.05, 0) is 24.7 Å². The second kappa shape index (κ2) is 4.64. The minimum Gasteiger partial charge on any atom is -0.408 e. The Morgan fingerprint density at radius 1 is 1.47 bits per heavy atom. The first-order chi connectivity index (χ1) is 9.19. The highest BCUT2D eigenvalue weighted by Crippen LogP contribution is 2.25. The molecule has 2 heterocycles. The van der Waals surface area contributed by atoms with Crippen LogP contribution in [0.4, 0.5) is 0 Å². The van der Waals surface area contributed by atoms with E-state index in [2.05, 4.69) is 4.98 Å². The van der Waals surface area contributed by atoms with Crippen LogP contribution in [0.25, 0.3) is 22.4 Å². The maximum absolute atomic E-state index is 11.4. The molecule has 0 amide bonds. The van der Waals surface area contributed by atoms with Gasteiger partial charge >= 0.3 is 5.76 Å². The Morgan fingerprint density at radius 2 is 2.32 bits per heavy atom. The van der Waals surface area contributed by atoms with E-state index >= 15 is 0 Å². The van der Waals surface area contributed by atoms with Crippen molar-refractivity contribution in [3.05, 3.63) is 39.1 Å². The predicted octanol–water partition coefficient (Wildman–Crippen LogP) is 1.76. The molecule has 0 aliphatic rings. The predicted molar refractivity (Wildman–Crippen MR) is 75.3 cm³/mol. The van der Waals surface area contributed by atoms with Gasteiger partial charge in [-0.3, -0.25) is 4.57 Å². The minimum absolute atomic E-state index is 0.353. The molecule has 3 rings (SSSR count). The lowest BCUT2D eigenvalue weighted by Crippen LogP contribution is -2.08. The van der Waals surface area contributed by atoms with Gasteiger partial charge in [-0.25, -0.2) is 9.78 Å². The van der Waals surface area contributed by atoms with E-state index < -0.39 is 0 Å². The van der Waals surface area contributed by atoms with E-state index in [1.165, 1.54) is 4.57 Å². The van der Waals surface area contributed by atoms with Crippen molar-refractivity contribution in [3.63, 3.8) is 0 Å². The minimum atomic E-state index is -0.353. The second-order valence-corrected chi connectivity index (χ2v) is 5.22. The average molecular weight is 275 g/mol. The van der Waals surface area contributed by atoms with E-state index in [1.54, 1.807) is 24.5 Å². The monoisotopic (exact) mass is 275 g/mol. The van der Waals surface area contributed by atoms with Crippen LogP contribution in [0.3, 0.4) is 0 Å².